The monoisotopic (exact) mass is 304 g/mol. The Labute approximate surface area is 126 Å². The molecule has 6 heteroatoms. The van der Waals surface area contributed by atoms with Crippen molar-refractivity contribution in [2.75, 3.05) is 18.5 Å². The Bertz CT molecular complexity index is 657. The van der Waals surface area contributed by atoms with Gasteiger partial charge in [0.25, 0.3) is 5.91 Å². The van der Waals surface area contributed by atoms with Gasteiger partial charge in [-0.25, -0.2) is 0 Å². The minimum Gasteiger partial charge on any atom is -0.346 e. The smallest absolute Gasteiger partial charge is 0.274 e. The van der Waals surface area contributed by atoms with Crippen LogP contribution >= 0.6 is 11.6 Å². The van der Waals surface area contributed by atoms with E-state index in [1.165, 1.54) is 12.3 Å². The van der Waals surface area contributed by atoms with Gasteiger partial charge in [0.1, 0.15) is 5.69 Å². The van der Waals surface area contributed by atoms with Crippen LogP contribution in [0.15, 0.2) is 42.6 Å². The highest BCUT2D eigenvalue weighted by Crippen LogP contribution is 2.25. The predicted molar refractivity (Wildman–Crippen MR) is 78.3 cm³/mol. The van der Waals surface area contributed by atoms with Gasteiger partial charge in [-0.15, -0.1) is 0 Å². The minimum absolute atomic E-state index is 0.265. The van der Waals surface area contributed by atoms with Crippen molar-refractivity contribution in [2.45, 2.75) is 6.29 Å². The maximum atomic E-state index is 12.1. The van der Waals surface area contributed by atoms with E-state index in [2.05, 4.69) is 10.3 Å². The van der Waals surface area contributed by atoms with Gasteiger partial charge < -0.3 is 14.8 Å². The summed E-state index contributed by atoms with van der Waals surface area (Å²) in [5.41, 5.74) is 1.78. The van der Waals surface area contributed by atoms with Crippen molar-refractivity contribution in [3.63, 3.8) is 0 Å². The number of anilines is 1. The molecule has 5 nitrogen and oxygen atoms in total. The molecule has 1 amide bonds. The largest absolute Gasteiger partial charge is 0.346 e. The molecular formula is C15H13ClN2O3. The molecule has 0 aliphatic carbocycles. The number of amides is 1. The first-order chi connectivity index (χ1) is 10.2. The number of ether oxygens (including phenoxy) is 2. The number of hydrogen-bond acceptors (Lipinski definition) is 4. The van der Waals surface area contributed by atoms with Gasteiger partial charge in [0, 0.05) is 22.5 Å². The second-order valence-corrected chi connectivity index (χ2v) is 4.95. The van der Waals surface area contributed by atoms with Gasteiger partial charge in [-0.05, 0) is 24.3 Å². The normalized spacial score (nSPS) is 15.1. The summed E-state index contributed by atoms with van der Waals surface area (Å²) in [5, 5.41) is 3.25. The zero-order chi connectivity index (χ0) is 14.7. The Kier molecular flexibility index (Phi) is 4.15. The molecule has 0 saturated carbocycles. The number of rotatable bonds is 3. The van der Waals surface area contributed by atoms with E-state index < -0.39 is 0 Å². The SMILES string of the molecule is O=C(Nc1cccc(C2OCCO2)c1)c1cc(Cl)ccn1. The predicted octanol–water partition coefficient (Wildman–Crippen LogP) is 3.03. The molecule has 1 aliphatic rings. The van der Waals surface area contributed by atoms with Crippen molar-refractivity contribution in [3.8, 4) is 0 Å². The molecule has 2 heterocycles. The van der Waals surface area contributed by atoms with E-state index in [1.807, 2.05) is 18.2 Å². The minimum atomic E-state index is -0.369. The average molecular weight is 305 g/mol. The molecule has 3 rings (SSSR count). The Morgan fingerprint density at radius 2 is 2.05 bits per heavy atom. The molecule has 2 aromatic rings. The number of hydrogen-bond donors (Lipinski definition) is 1. The molecule has 0 spiro atoms. The van der Waals surface area contributed by atoms with Gasteiger partial charge in [0.05, 0.1) is 13.2 Å². The van der Waals surface area contributed by atoms with Crippen LogP contribution in [0, 0.1) is 0 Å². The molecular weight excluding hydrogens is 292 g/mol. The van der Waals surface area contributed by atoms with Crippen molar-refractivity contribution in [2.24, 2.45) is 0 Å². The second kappa shape index (κ2) is 6.22. The van der Waals surface area contributed by atoms with Crippen LogP contribution in [-0.4, -0.2) is 24.1 Å². The van der Waals surface area contributed by atoms with E-state index in [1.54, 1.807) is 12.1 Å². The number of carbonyl (C=O) groups excluding carboxylic acids is 1. The fraction of sp³-hybridized carbons (Fsp3) is 0.200. The van der Waals surface area contributed by atoms with Crippen LogP contribution in [0.2, 0.25) is 5.02 Å². The van der Waals surface area contributed by atoms with Gasteiger partial charge in [-0.2, -0.15) is 0 Å². The Morgan fingerprint density at radius 3 is 2.81 bits per heavy atom. The van der Waals surface area contributed by atoms with E-state index >= 15 is 0 Å². The van der Waals surface area contributed by atoms with Crippen LogP contribution < -0.4 is 5.32 Å². The molecule has 21 heavy (non-hydrogen) atoms. The number of benzene rings is 1. The number of aromatic nitrogens is 1. The number of nitrogens with zero attached hydrogens (tertiary/aromatic N) is 1. The molecule has 1 aromatic carbocycles. The maximum Gasteiger partial charge on any atom is 0.274 e. The zero-order valence-electron chi connectivity index (χ0n) is 11.1. The van der Waals surface area contributed by atoms with Crippen LogP contribution in [-0.2, 0) is 9.47 Å². The van der Waals surface area contributed by atoms with E-state index in [0.717, 1.165) is 5.56 Å². The molecule has 1 aliphatic heterocycles. The highest BCUT2D eigenvalue weighted by atomic mass is 35.5. The summed E-state index contributed by atoms with van der Waals surface area (Å²) in [6, 6.07) is 10.5. The first kappa shape index (κ1) is 14.0. The lowest BCUT2D eigenvalue weighted by molar-refractivity contribution is -0.0440. The zero-order valence-corrected chi connectivity index (χ0v) is 11.8. The summed E-state index contributed by atoms with van der Waals surface area (Å²) < 4.78 is 10.9. The fourth-order valence-corrected chi connectivity index (χ4v) is 2.20. The molecule has 0 unspecified atom stereocenters. The topological polar surface area (TPSA) is 60.5 Å². The second-order valence-electron chi connectivity index (χ2n) is 4.51. The number of halogens is 1. The van der Waals surface area contributed by atoms with Crippen molar-refractivity contribution in [1.29, 1.82) is 0 Å². The average Bonchev–Trinajstić information content (AvgIpc) is 3.02. The molecule has 1 N–H and O–H groups in total. The molecule has 0 radical (unpaired) electrons. The third-order valence-corrected chi connectivity index (χ3v) is 3.23. The lowest BCUT2D eigenvalue weighted by atomic mass is 10.2. The standard InChI is InChI=1S/C15H13ClN2O3/c16-11-4-5-17-13(9-11)14(19)18-12-3-1-2-10(8-12)15-20-6-7-21-15/h1-5,8-9,15H,6-7H2,(H,18,19). The highest BCUT2D eigenvalue weighted by Gasteiger charge is 2.18. The molecule has 1 aromatic heterocycles. The van der Waals surface area contributed by atoms with Crippen molar-refractivity contribution in [3.05, 3.63) is 58.9 Å². The Morgan fingerprint density at radius 1 is 1.24 bits per heavy atom. The van der Waals surface area contributed by atoms with Gasteiger partial charge in [0.2, 0.25) is 0 Å². The summed E-state index contributed by atoms with van der Waals surface area (Å²) in [4.78, 5) is 16.1. The van der Waals surface area contributed by atoms with Crippen LogP contribution in [0.3, 0.4) is 0 Å². The number of pyridine rings is 1. The van der Waals surface area contributed by atoms with Gasteiger partial charge in [-0.3, -0.25) is 9.78 Å². The fourth-order valence-electron chi connectivity index (χ4n) is 2.04. The third kappa shape index (κ3) is 3.39. The summed E-state index contributed by atoms with van der Waals surface area (Å²) in [5.74, 6) is -0.317. The van der Waals surface area contributed by atoms with Crippen molar-refractivity contribution < 1.29 is 14.3 Å². The van der Waals surface area contributed by atoms with Crippen LogP contribution in [0.5, 0.6) is 0 Å². The van der Waals surface area contributed by atoms with Gasteiger partial charge in [-0.1, -0.05) is 23.7 Å². The lowest BCUT2D eigenvalue weighted by Crippen LogP contribution is -2.13. The summed E-state index contributed by atoms with van der Waals surface area (Å²) in [6.45, 7) is 1.15. The lowest BCUT2D eigenvalue weighted by Gasteiger charge is -2.11. The van der Waals surface area contributed by atoms with E-state index in [0.29, 0.717) is 23.9 Å². The molecule has 1 fully saturated rings. The van der Waals surface area contributed by atoms with E-state index in [-0.39, 0.29) is 17.9 Å². The first-order valence-corrected chi connectivity index (χ1v) is 6.86. The molecule has 0 atom stereocenters. The first-order valence-electron chi connectivity index (χ1n) is 6.48. The van der Waals surface area contributed by atoms with Crippen molar-refractivity contribution in [1.82, 2.24) is 4.98 Å². The van der Waals surface area contributed by atoms with E-state index in [9.17, 15) is 4.79 Å². The van der Waals surface area contributed by atoms with Crippen LogP contribution in [0.1, 0.15) is 22.3 Å². The van der Waals surface area contributed by atoms with Gasteiger partial charge in [0.15, 0.2) is 6.29 Å². The number of carbonyl (C=O) groups is 1. The molecule has 108 valence electrons. The van der Waals surface area contributed by atoms with Crippen molar-refractivity contribution >= 4 is 23.2 Å². The van der Waals surface area contributed by atoms with Crippen LogP contribution in [0.4, 0.5) is 5.69 Å². The maximum absolute atomic E-state index is 12.1. The summed E-state index contributed by atoms with van der Waals surface area (Å²) in [7, 11) is 0. The summed E-state index contributed by atoms with van der Waals surface area (Å²) in [6.07, 6.45) is 1.12. The Balaban J connectivity index is 1.75. The summed E-state index contributed by atoms with van der Waals surface area (Å²) >= 11 is 5.85. The van der Waals surface area contributed by atoms with E-state index in [4.69, 9.17) is 21.1 Å². The number of nitrogens with one attached hydrogen (secondary N) is 1. The van der Waals surface area contributed by atoms with Gasteiger partial charge >= 0.3 is 0 Å². The quantitative estimate of drug-likeness (QED) is 0.947. The molecule has 1 saturated heterocycles. The third-order valence-electron chi connectivity index (χ3n) is 2.99. The van der Waals surface area contributed by atoms with Crippen LogP contribution in [0.25, 0.3) is 0 Å². The molecule has 0 bridgehead atoms. The highest BCUT2D eigenvalue weighted by molar-refractivity contribution is 6.30. The Hall–Kier alpha value is -1.95.